The average molecular weight is 294 g/mol. The Labute approximate surface area is 122 Å². The fourth-order valence-corrected chi connectivity index (χ4v) is 2.07. The summed E-state index contributed by atoms with van der Waals surface area (Å²) in [7, 11) is 1.74. The van der Waals surface area contributed by atoms with Crippen LogP contribution in [0.5, 0.6) is 0 Å². The molecule has 1 aromatic carbocycles. The van der Waals surface area contributed by atoms with Crippen molar-refractivity contribution in [2.45, 2.75) is 13.0 Å². The summed E-state index contributed by atoms with van der Waals surface area (Å²) in [6, 6.07) is 7.23. The van der Waals surface area contributed by atoms with E-state index in [1.54, 1.807) is 30.9 Å². The Kier molecular flexibility index (Phi) is 4.42. The van der Waals surface area contributed by atoms with E-state index in [0.29, 0.717) is 21.8 Å². The normalized spacial score (nSPS) is 12.2. The van der Waals surface area contributed by atoms with Crippen LogP contribution in [0.2, 0.25) is 5.02 Å². The van der Waals surface area contributed by atoms with Crippen LogP contribution < -0.4 is 5.32 Å². The molecular weight excluding hydrogens is 278 g/mol. The highest BCUT2D eigenvalue weighted by atomic mass is 35.5. The maximum Gasteiger partial charge on any atom is 0.255 e. The summed E-state index contributed by atoms with van der Waals surface area (Å²) < 4.78 is 1.57. The Morgan fingerprint density at radius 3 is 2.85 bits per heavy atom. The first-order chi connectivity index (χ1) is 9.49. The third kappa shape index (κ3) is 3.18. The van der Waals surface area contributed by atoms with Gasteiger partial charge < -0.3 is 10.4 Å². The van der Waals surface area contributed by atoms with E-state index in [-0.39, 0.29) is 12.5 Å². The van der Waals surface area contributed by atoms with Crippen molar-refractivity contribution in [3.63, 3.8) is 0 Å². The second kappa shape index (κ2) is 6.07. The molecule has 1 atom stereocenters. The van der Waals surface area contributed by atoms with Crippen LogP contribution in [0.25, 0.3) is 11.3 Å². The highest BCUT2D eigenvalue weighted by Crippen LogP contribution is 2.28. The summed E-state index contributed by atoms with van der Waals surface area (Å²) in [6.45, 7) is 1.80. The van der Waals surface area contributed by atoms with Crippen molar-refractivity contribution in [3.05, 3.63) is 41.0 Å². The van der Waals surface area contributed by atoms with Crippen molar-refractivity contribution >= 4 is 17.5 Å². The van der Waals surface area contributed by atoms with Crippen molar-refractivity contribution in [2.24, 2.45) is 7.05 Å². The second-order valence-electron chi connectivity index (χ2n) is 4.60. The van der Waals surface area contributed by atoms with E-state index < -0.39 is 6.10 Å². The van der Waals surface area contributed by atoms with Gasteiger partial charge in [-0.3, -0.25) is 9.48 Å². The number of nitrogens with one attached hydrogen (secondary N) is 1. The quantitative estimate of drug-likeness (QED) is 0.904. The molecule has 1 heterocycles. The number of aromatic nitrogens is 2. The van der Waals surface area contributed by atoms with Gasteiger partial charge in [-0.05, 0) is 13.0 Å². The van der Waals surface area contributed by atoms with Crippen molar-refractivity contribution < 1.29 is 9.90 Å². The lowest BCUT2D eigenvalue weighted by atomic mass is 10.1. The van der Waals surface area contributed by atoms with Gasteiger partial charge in [0, 0.05) is 25.4 Å². The van der Waals surface area contributed by atoms with Gasteiger partial charge in [0.1, 0.15) is 5.69 Å². The minimum atomic E-state index is -0.598. The van der Waals surface area contributed by atoms with E-state index in [1.807, 2.05) is 18.2 Å². The van der Waals surface area contributed by atoms with E-state index in [0.717, 1.165) is 0 Å². The number of aliphatic hydroxyl groups is 1. The summed E-state index contributed by atoms with van der Waals surface area (Å²) in [4.78, 5) is 12.1. The number of aryl methyl sites for hydroxylation is 1. The predicted molar refractivity (Wildman–Crippen MR) is 77.7 cm³/mol. The monoisotopic (exact) mass is 293 g/mol. The summed E-state index contributed by atoms with van der Waals surface area (Å²) in [5.41, 5.74) is 1.67. The molecule has 1 amide bonds. The van der Waals surface area contributed by atoms with Crippen LogP contribution in [-0.4, -0.2) is 33.4 Å². The van der Waals surface area contributed by atoms with Gasteiger partial charge in [0.05, 0.1) is 16.7 Å². The number of carbonyl (C=O) groups is 1. The number of aliphatic hydroxyl groups excluding tert-OH is 1. The minimum absolute atomic E-state index is 0.190. The zero-order valence-electron chi connectivity index (χ0n) is 11.3. The zero-order valence-corrected chi connectivity index (χ0v) is 12.1. The predicted octanol–water partition coefficient (Wildman–Crippen LogP) is 1.85. The molecule has 0 aliphatic carbocycles. The first kappa shape index (κ1) is 14.6. The van der Waals surface area contributed by atoms with Crippen LogP contribution in [0.4, 0.5) is 0 Å². The van der Waals surface area contributed by atoms with Gasteiger partial charge in [0.2, 0.25) is 0 Å². The van der Waals surface area contributed by atoms with Crippen LogP contribution in [0, 0.1) is 0 Å². The molecule has 2 rings (SSSR count). The standard InChI is InChI=1S/C14H16ClN3O2/c1-9(19)7-16-14(20)11-8-18(2)17-13(11)10-5-3-4-6-12(10)15/h3-6,8-9,19H,7H2,1-2H3,(H,16,20). The van der Waals surface area contributed by atoms with E-state index in [2.05, 4.69) is 10.4 Å². The van der Waals surface area contributed by atoms with Crippen LogP contribution in [0.15, 0.2) is 30.5 Å². The first-order valence-corrected chi connectivity index (χ1v) is 6.61. The van der Waals surface area contributed by atoms with Crippen LogP contribution >= 0.6 is 11.6 Å². The number of hydrogen-bond donors (Lipinski definition) is 2. The molecule has 0 saturated heterocycles. The third-order valence-corrected chi connectivity index (χ3v) is 3.09. The lowest BCUT2D eigenvalue weighted by Gasteiger charge is -2.07. The van der Waals surface area contributed by atoms with Crippen LogP contribution in [0.3, 0.4) is 0 Å². The minimum Gasteiger partial charge on any atom is -0.392 e. The first-order valence-electron chi connectivity index (χ1n) is 6.24. The highest BCUT2D eigenvalue weighted by molar-refractivity contribution is 6.33. The zero-order chi connectivity index (χ0) is 14.7. The maximum atomic E-state index is 12.1. The summed E-state index contributed by atoms with van der Waals surface area (Å²) in [5, 5.41) is 16.7. The van der Waals surface area contributed by atoms with Crippen LogP contribution in [-0.2, 0) is 7.05 Å². The number of hydrogen-bond acceptors (Lipinski definition) is 3. The van der Waals surface area contributed by atoms with Gasteiger partial charge >= 0.3 is 0 Å². The van der Waals surface area contributed by atoms with Crippen molar-refractivity contribution in [2.75, 3.05) is 6.54 Å². The molecule has 2 N–H and O–H groups in total. The van der Waals surface area contributed by atoms with E-state index in [1.165, 1.54) is 0 Å². The lowest BCUT2D eigenvalue weighted by Crippen LogP contribution is -2.30. The Hall–Kier alpha value is -1.85. The number of rotatable bonds is 4. The van der Waals surface area contributed by atoms with Gasteiger partial charge in [0.15, 0.2) is 0 Å². The smallest absolute Gasteiger partial charge is 0.255 e. The SMILES string of the molecule is CC(O)CNC(=O)c1cn(C)nc1-c1ccccc1Cl. The summed E-state index contributed by atoms with van der Waals surface area (Å²) in [5.74, 6) is -0.283. The van der Waals surface area contributed by atoms with Crippen molar-refractivity contribution in [1.29, 1.82) is 0 Å². The Morgan fingerprint density at radius 1 is 1.50 bits per heavy atom. The van der Waals surface area contributed by atoms with E-state index >= 15 is 0 Å². The largest absolute Gasteiger partial charge is 0.392 e. The third-order valence-electron chi connectivity index (χ3n) is 2.76. The number of halogens is 1. The molecule has 0 radical (unpaired) electrons. The Bertz CT molecular complexity index is 623. The van der Waals surface area contributed by atoms with Crippen molar-refractivity contribution in [1.82, 2.24) is 15.1 Å². The van der Waals surface area contributed by atoms with E-state index in [9.17, 15) is 9.90 Å². The molecule has 0 saturated carbocycles. The molecular formula is C14H16ClN3O2. The molecule has 1 unspecified atom stereocenters. The molecule has 1 aromatic heterocycles. The Morgan fingerprint density at radius 2 is 2.20 bits per heavy atom. The van der Waals surface area contributed by atoms with Gasteiger partial charge in [-0.1, -0.05) is 29.8 Å². The number of benzene rings is 1. The average Bonchev–Trinajstić information content (AvgIpc) is 2.78. The maximum absolute atomic E-state index is 12.1. The molecule has 6 heteroatoms. The fourth-order valence-electron chi connectivity index (χ4n) is 1.84. The summed E-state index contributed by atoms with van der Waals surface area (Å²) >= 11 is 6.15. The molecule has 0 aliphatic rings. The molecule has 106 valence electrons. The number of nitrogens with zero attached hydrogens (tertiary/aromatic N) is 2. The molecule has 5 nitrogen and oxygen atoms in total. The van der Waals surface area contributed by atoms with Gasteiger partial charge in [-0.25, -0.2) is 0 Å². The van der Waals surface area contributed by atoms with Gasteiger partial charge in [-0.15, -0.1) is 0 Å². The van der Waals surface area contributed by atoms with Gasteiger partial charge in [-0.2, -0.15) is 5.10 Å². The molecule has 0 bridgehead atoms. The summed E-state index contributed by atoms with van der Waals surface area (Å²) in [6.07, 6.45) is 1.04. The topological polar surface area (TPSA) is 67.2 Å². The second-order valence-corrected chi connectivity index (χ2v) is 5.01. The van der Waals surface area contributed by atoms with Crippen LogP contribution in [0.1, 0.15) is 17.3 Å². The molecule has 0 fully saturated rings. The van der Waals surface area contributed by atoms with Gasteiger partial charge in [0.25, 0.3) is 5.91 Å². The molecule has 0 aliphatic heterocycles. The highest BCUT2D eigenvalue weighted by Gasteiger charge is 2.18. The number of amides is 1. The fraction of sp³-hybridized carbons (Fsp3) is 0.286. The molecule has 2 aromatic rings. The van der Waals surface area contributed by atoms with Crippen molar-refractivity contribution in [3.8, 4) is 11.3 Å². The van der Waals surface area contributed by atoms with E-state index in [4.69, 9.17) is 11.6 Å². The Balaban J connectivity index is 2.36. The molecule has 20 heavy (non-hydrogen) atoms. The number of carbonyl (C=O) groups excluding carboxylic acids is 1. The molecule has 0 spiro atoms. The lowest BCUT2D eigenvalue weighted by molar-refractivity contribution is 0.0924.